The molecule has 2 aliphatic rings. The van der Waals surface area contributed by atoms with Crippen molar-refractivity contribution in [2.24, 2.45) is 0 Å². The van der Waals surface area contributed by atoms with Crippen molar-refractivity contribution in [2.75, 3.05) is 20.1 Å². The third kappa shape index (κ3) is 2.43. The van der Waals surface area contributed by atoms with Gasteiger partial charge in [-0.3, -0.25) is 18.8 Å². The van der Waals surface area contributed by atoms with Crippen LogP contribution < -0.4 is 5.32 Å². The molecule has 2 saturated heterocycles. The van der Waals surface area contributed by atoms with E-state index in [9.17, 15) is 14.4 Å². The molecule has 0 unspecified atom stereocenters. The number of aromatic nitrogens is 3. The predicted molar refractivity (Wildman–Crippen MR) is 86.7 cm³/mol. The van der Waals surface area contributed by atoms with Crippen LogP contribution in [0.5, 0.6) is 0 Å². The van der Waals surface area contributed by atoms with Crippen molar-refractivity contribution < 1.29 is 14.4 Å². The highest BCUT2D eigenvalue weighted by atomic mass is 16.2. The van der Waals surface area contributed by atoms with Crippen LogP contribution in [0.3, 0.4) is 0 Å². The minimum atomic E-state index is -0.485. The van der Waals surface area contributed by atoms with Gasteiger partial charge in [-0.05, 0) is 19.4 Å². The van der Waals surface area contributed by atoms with Gasteiger partial charge in [-0.15, -0.1) is 0 Å². The van der Waals surface area contributed by atoms with Gasteiger partial charge in [0, 0.05) is 32.0 Å². The summed E-state index contributed by atoms with van der Waals surface area (Å²) in [6.07, 6.45) is 3.78. The summed E-state index contributed by atoms with van der Waals surface area (Å²) >= 11 is 0. The van der Waals surface area contributed by atoms with Gasteiger partial charge < -0.3 is 15.1 Å². The number of amides is 3. The Bertz CT molecular complexity index is 891. The van der Waals surface area contributed by atoms with Crippen LogP contribution >= 0.6 is 0 Å². The highest BCUT2D eigenvalue weighted by molar-refractivity contribution is 5.97. The number of nitrogens with one attached hydrogen (secondary N) is 1. The third-order valence-electron chi connectivity index (χ3n) is 4.78. The van der Waals surface area contributed by atoms with Gasteiger partial charge in [0.25, 0.3) is 5.91 Å². The monoisotopic (exact) mass is 342 g/mol. The van der Waals surface area contributed by atoms with Gasteiger partial charge in [-0.2, -0.15) is 0 Å². The number of nitrogens with zero attached hydrogens (tertiary/aromatic N) is 5. The molecule has 1 N–H and O–H groups in total. The van der Waals surface area contributed by atoms with Gasteiger partial charge in [-0.1, -0.05) is 0 Å². The molecule has 9 heteroatoms. The van der Waals surface area contributed by atoms with Gasteiger partial charge in [-0.25, -0.2) is 9.97 Å². The second kappa shape index (κ2) is 5.54. The van der Waals surface area contributed by atoms with E-state index in [2.05, 4.69) is 15.3 Å². The Hall–Kier alpha value is -2.97. The van der Waals surface area contributed by atoms with Crippen LogP contribution in [0, 0.1) is 6.92 Å². The van der Waals surface area contributed by atoms with E-state index >= 15 is 0 Å². The zero-order chi connectivity index (χ0) is 17.7. The zero-order valence-electron chi connectivity index (χ0n) is 14.0. The molecule has 0 bridgehead atoms. The van der Waals surface area contributed by atoms with E-state index in [1.165, 1.54) is 4.90 Å². The topological polar surface area (TPSA) is 99.9 Å². The fourth-order valence-corrected chi connectivity index (χ4v) is 3.60. The van der Waals surface area contributed by atoms with Crippen molar-refractivity contribution in [1.82, 2.24) is 29.5 Å². The quantitative estimate of drug-likeness (QED) is 0.771. The Morgan fingerprint density at radius 2 is 2.16 bits per heavy atom. The number of rotatable bonds is 2. The van der Waals surface area contributed by atoms with Crippen molar-refractivity contribution in [2.45, 2.75) is 25.4 Å². The number of aryl methyl sites for hydroxylation is 1. The first-order chi connectivity index (χ1) is 12.0. The van der Waals surface area contributed by atoms with Crippen LogP contribution in [0.2, 0.25) is 0 Å². The fourth-order valence-electron chi connectivity index (χ4n) is 3.60. The highest BCUT2D eigenvalue weighted by Gasteiger charge is 2.45. The summed E-state index contributed by atoms with van der Waals surface area (Å²) in [5.74, 6) is 0.0163. The summed E-state index contributed by atoms with van der Waals surface area (Å²) in [7, 11) is 1.62. The van der Waals surface area contributed by atoms with Gasteiger partial charge in [0.05, 0.1) is 12.2 Å². The second-order valence-corrected chi connectivity index (χ2v) is 6.50. The molecule has 0 aromatic carbocycles. The maximum absolute atomic E-state index is 12.7. The standard InChI is InChI=1S/C16H18N6O3/c1-9-13(21-5-3-4-17-16(21)18-9)14(24)19-10-6-11-15(25)20(2)8-12(23)22(11)7-10/h3-5,10-11H,6-8H2,1-2H3,(H,19,24)/t10-,11-/m0/s1. The Morgan fingerprint density at radius 1 is 1.36 bits per heavy atom. The molecule has 0 saturated carbocycles. The van der Waals surface area contributed by atoms with Crippen molar-refractivity contribution >= 4 is 23.5 Å². The average Bonchev–Trinajstić information content (AvgIpc) is 3.13. The summed E-state index contributed by atoms with van der Waals surface area (Å²) in [5.41, 5.74) is 1.00. The van der Waals surface area contributed by atoms with E-state index in [4.69, 9.17) is 0 Å². The van der Waals surface area contributed by atoms with Crippen molar-refractivity contribution in [3.63, 3.8) is 0 Å². The molecule has 0 spiro atoms. The van der Waals surface area contributed by atoms with Crippen LogP contribution in [-0.4, -0.2) is 74.1 Å². The molecule has 4 heterocycles. The lowest BCUT2D eigenvalue weighted by atomic mass is 10.1. The van der Waals surface area contributed by atoms with Gasteiger partial charge in [0.1, 0.15) is 11.7 Å². The van der Waals surface area contributed by atoms with E-state index in [0.29, 0.717) is 30.1 Å². The summed E-state index contributed by atoms with van der Waals surface area (Å²) in [4.78, 5) is 48.5. The molecule has 4 rings (SSSR count). The highest BCUT2D eigenvalue weighted by Crippen LogP contribution is 2.24. The Kier molecular flexibility index (Phi) is 3.45. The molecular formula is C16H18N6O3. The Morgan fingerprint density at radius 3 is 2.96 bits per heavy atom. The molecule has 3 amide bonds. The van der Waals surface area contributed by atoms with Crippen LogP contribution in [0.25, 0.3) is 5.78 Å². The Balaban J connectivity index is 1.55. The molecule has 0 aliphatic carbocycles. The summed E-state index contributed by atoms with van der Waals surface area (Å²) in [6.45, 7) is 2.19. The van der Waals surface area contributed by atoms with Crippen molar-refractivity contribution in [3.8, 4) is 0 Å². The zero-order valence-corrected chi connectivity index (χ0v) is 14.0. The first-order valence-electron chi connectivity index (χ1n) is 8.10. The van der Waals surface area contributed by atoms with Crippen LogP contribution in [0.15, 0.2) is 18.5 Å². The predicted octanol–water partition coefficient (Wildman–Crippen LogP) is -0.791. The van der Waals surface area contributed by atoms with Crippen molar-refractivity contribution in [3.05, 3.63) is 29.8 Å². The lowest BCUT2D eigenvalue weighted by Crippen LogP contribution is -2.55. The van der Waals surface area contributed by atoms with Crippen LogP contribution in [0.4, 0.5) is 0 Å². The lowest BCUT2D eigenvalue weighted by Gasteiger charge is -2.33. The summed E-state index contributed by atoms with van der Waals surface area (Å²) < 4.78 is 1.64. The number of carbonyl (C=O) groups is 3. The average molecular weight is 342 g/mol. The third-order valence-corrected chi connectivity index (χ3v) is 4.78. The summed E-state index contributed by atoms with van der Waals surface area (Å²) in [6, 6.07) is 0.980. The molecular weight excluding hydrogens is 324 g/mol. The molecule has 9 nitrogen and oxygen atoms in total. The van der Waals surface area contributed by atoms with Gasteiger partial charge in [0.2, 0.25) is 17.6 Å². The van der Waals surface area contributed by atoms with Crippen molar-refractivity contribution in [1.29, 1.82) is 0 Å². The van der Waals surface area contributed by atoms with Crippen LogP contribution in [0.1, 0.15) is 22.6 Å². The number of imidazole rings is 1. The normalized spacial score (nSPS) is 23.3. The summed E-state index contributed by atoms with van der Waals surface area (Å²) in [5, 5.41) is 2.93. The smallest absolute Gasteiger partial charge is 0.270 e. The maximum atomic E-state index is 12.7. The fraction of sp³-hybridized carbons (Fsp3) is 0.438. The van der Waals surface area contributed by atoms with E-state index in [0.717, 1.165) is 0 Å². The van der Waals surface area contributed by atoms with E-state index < -0.39 is 6.04 Å². The van der Waals surface area contributed by atoms with E-state index in [1.54, 1.807) is 41.7 Å². The minimum Gasteiger partial charge on any atom is -0.346 e. The number of likely N-dealkylation sites (N-methyl/N-ethyl adjacent to an activating group) is 1. The number of hydrogen-bond acceptors (Lipinski definition) is 5. The van der Waals surface area contributed by atoms with Crippen LogP contribution in [-0.2, 0) is 9.59 Å². The number of hydrogen-bond donors (Lipinski definition) is 1. The first kappa shape index (κ1) is 15.6. The molecule has 0 radical (unpaired) electrons. The van der Waals surface area contributed by atoms with E-state index in [1.807, 2.05) is 0 Å². The molecule has 2 aromatic heterocycles. The second-order valence-electron chi connectivity index (χ2n) is 6.50. The molecule has 25 heavy (non-hydrogen) atoms. The molecule has 2 aliphatic heterocycles. The van der Waals surface area contributed by atoms with Gasteiger partial charge in [0.15, 0.2) is 0 Å². The van der Waals surface area contributed by atoms with E-state index in [-0.39, 0.29) is 30.3 Å². The first-order valence-corrected chi connectivity index (χ1v) is 8.10. The molecule has 130 valence electrons. The molecule has 2 fully saturated rings. The molecule has 2 atom stereocenters. The number of carbonyl (C=O) groups excluding carboxylic acids is 3. The lowest BCUT2D eigenvalue weighted by molar-refractivity contribution is -0.152. The largest absolute Gasteiger partial charge is 0.346 e. The Labute approximate surface area is 143 Å². The number of fused-ring (bicyclic) bond motifs is 2. The molecule has 2 aromatic rings. The maximum Gasteiger partial charge on any atom is 0.270 e. The number of piperazine rings is 1. The van der Waals surface area contributed by atoms with Gasteiger partial charge >= 0.3 is 0 Å². The minimum absolute atomic E-state index is 0.0773. The SMILES string of the molecule is Cc1nc2ncccn2c1C(=O)N[C@H]1C[C@H]2C(=O)N(C)CC(=O)N2C1.